The second-order valence-corrected chi connectivity index (χ2v) is 8.26. The average molecular weight is 449 g/mol. The maximum Gasteiger partial charge on any atom is 0.261 e. The van der Waals surface area contributed by atoms with E-state index in [1.807, 2.05) is 6.92 Å². The van der Waals surface area contributed by atoms with Gasteiger partial charge in [-0.25, -0.2) is 12.8 Å². The molecule has 1 amide bonds. The minimum Gasteiger partial charge on any atom is -0.494 e. The fourth-order valence-electron chi connectivity index (χ4n) is 2.58. The van der Waals surface area contributed by atoms with Crippen molar-refractivity contribution < 1.29 is 22.3 Å². The van der Waals surface area contributed by atoms with Crippen LogP contribution < -0.4 is 14.8 Å². The van der Waals surface area contributed by atoms with E-state index in [9.17, 15) is 17.6 Å². The summed E-state index contributed by atoms with van der Waals surface area (Å²) in [4.78, 5) is 12.4. The van der Waals surface area contributed by atoms with Crippen molar-refractivity contribution in [1.29, 1.82) is 0 Å². The van der Waals surface area contributed by atoms with Gasteiger partial charge in [-0.05, 0) is 67.6 Å². The van der Waals surface area contributed by atoms with Crippen LogP contribution in [0.15, 0.2) is 71.6 Å². The number of nitrogens with one attached hydrogen (secondary N) is 2. The topological polar surface area (TPSA) is 84.5 Å². The molecule has 0 fully saturated rings. The first-order chi connectivity index (χ1) is 14.3. The molecule has 0 heterocycles. The van der Waals surface area contributed by atoms with E-state index in [1.165, 1.54) is 36.4 Å². The molecular formula is C21H18ClFN2O4S. The molecule has 0 saturated carbocycles. The smallest absolute Gasteiger partial charge is 0.261 e. The van der Waals surface area contributed by atoms with Crippen molar-refractivity contribution in [3.8, 4) is 5.75 Å². The zero-order valence-corrected chi connectivity index (χ0v) is 17.4. The van der Waals surface area contributed by atoms with Gasteiger partial charge in [0.1, 0.15) is 11.6 Å². The minimum absolute atomic E-state index is 0.0822. The zero-order chi connectivity index (χ0) is 21.7. The molecule has 0 aliphatic carbocycles. The molecule has 0 aromatic heterocycles. The van der Waals surface area contributed by atoms with Crippen LogP contribution in [0.2, 0.25) is 5.02 Å². The highest BCUT2D eigenvalue weighted by Gasteiger charge is 2.17. The molecule has 6 nitrogen and oxygen atoms in total. The quantitative estimate of drug-likeness (QED) is 0.536. The summed E-state index contributed by atoms with van der Waals surface area (Å²) in [6, 6.07) is 15.8. The van der Waals surface area contributed by atoms with Gasteiger partial charge in [0, 0.05) is 16.9 Å². The lowest BCUT2D eigenvalue weighted by molar-refractivity contribution is 0.102. The molecule has 30 heavy (non-hydrogen) atoms. The molecule has 9 heteroatoms. The lowest BCUT2D eigenvalue weighted by atomic mass is 10.2. The lowest BCUT2D eigenvalue weighted by Gasteiger charge is -2.11. The van der Waals surface area contributed by atoms with Crippen molar-refractivity contribution in [2.24, 2.45) is 0 Å². The van der Waals surface area contributed by atoms with Crippen LogP contribution in [0, 0.1) is 5.82 Å². The summed E-state index contributed by atoms with van der Waals surface area (Å²) in [5.74, 6) is -0.543. The van der Waals surface area contributed by atoms with E-state index in [2.05, 4.69) is 10.0 Å². The summed E-state index contributed by atoms with van der Waals surface area (Å²) >= 11 is 5.71. The van der Waals surface area contributed by atoms with Crippen molar-refractivity contribution in [2.75, 3.05) is 16.6 Å². The number of anilines is 2. The normalized spacial score (nSPS) is 11.0. The molecule has 156 valence electrons. The van der Waals surface area contributed by atoms with Crippen LogP contribution in [0.5, 0.6) is 5.75 Å². The number of sulfonamides is 1. The maximum atomic E-state index is 13.3. The predicted molar refractivity (Wildman–Crippen MR) is 114 cm³/mol. The number of halogens is 2. The van der Waals surface area contributed by atoms with Crippen LogP contribution in [-0.2, 0) is 10.0 Å². The van der Waals surface area contributed by atoms with Gasteiger partial charge >= 0.3 is 0 Å². The summed E-state index contributed by atoms with van der Waals surface area (Å²) in [5, 5.41) is 2.42. The first kappa shape index (κ1) is 21.6. The SMILES string of the molecule is CCOc1ccc(NS(=O)(=O)c2cccc(C(=O)Nc3ccc(F)c(Cl)c3)c2)cc1. The number of hydrogen-bond donors (Lipinski definition) is 2. The Morgan fingerprint density at radius 1 is 1.03 bits per heavy atom. The fraction of sp³-hybridized carbons (Fsp3) is 0.0952. The van der Waals surface area contributed by atoms with Gasteiger partial charge in [-0.2, -0.15) is 0 Å². The lowest BCUT2D eigenvalue weighted by Crippen LogP contribution is -2.16. The Bertz CT molecular complexity index is 1170. The molecular weight excluding hydrogens is 431 g/mol. The standard InChI is InChI=1S/C21H18ClFN2O4S/c1-2-29-17-9-6-15(7-10-17)25-30(27,28)18-5-3-4-14(12-18)21(26)24-16-8-11-20(23)19(22)13-16/h3-13,25H,2H2,1H3,(H,24,26). The van der Waals surface area contributed by atoms with Gasteiger partial charge in [-0.1, -0.05) is 17.7 Å². The highest BCUT2D eigenvalue weighted by Crippen LogP contribution is 2.22. The van der Waals surface area contributed by atoms with E-state index in [0.29, 0.717) is 18.0 Å². The Morgan fingerprint density at radius 3 is 2.40 bits per heavy atom. The number of hydrogen-bond acceptors (Lipinski definition) is 4. The van der Waals surface area contributed by atoms with Gasteiger partial charge in [0.05, 0.1) is 16.5 Å². The maximum absolute atomic E-state index is 13.3. The predicted octanol–water partition coefficient (Wildman–Crippen LogP) is 4.93. The number of amides is 1. The van der Waals surface area contributed by atoms with Crippen LogP contribution in [0.4, 0.5) is 15.8 Å². The second-order valence-electron chi connectivity index (χ2n) is 6.17. The van der Waals surface area contributed by atoms with Crippen molar-refractivity contribution >= 4 is 38.9 Å². The van der Waals surface area contributed by atoms with Gasteiger partial charge in [0.2, 0.25) is 0 Å². The highest BCUT2D eigenvalue weighted by molar-refractivity contribution is 7.92. The second kappa shape index (κ2) is 9.15. The summed E-state index contributed by atoms with van der Waals surface area (Å²) in [6.45, 7) is 2.36. The van der Waals surface area contributed by atoms with E-state index < -0.39 is 21.7 Å². The first-order valence-corrected chi connectivity index (χ1v) is 10.8. The summed E-state index contributed by atoms with van der Waals surface area (Å²) in [5.41, 5.74) is 0.756. The first-order valence-electron chi connectivity index (χ1n) is 8.90. The number of carbonyl (C=O) groups excluding carboxylic acids is 1. The molecule has 0 radical (unpaired) electrons. The van der Waals surface area contributed by atoms with E-state index in [1.54, 1.807) is 24.3 Å². The van der Waals surface area contributed by atoms with E-state index >= 15 is 0 Å². The van der Waals surface area contributed by atoms with Crippen molar-refractivity contribution in [2.45, 2.75) is 11.8 Å². The Balaban J connectivity index is 1.77. The third-order valence-corrected chi connectivity index (χ3v) is 5.67. The number of benzene rings is 3. The number of carbonyl (C=O) groups is 1. The molecule has 0 unspecified atom stereocenters. The molecule has 3 rings (SSSR count). The van der Waals surface area contributed by atoms with Crippen LogP contribution in [0.25, 0.3) is 0 Å². The van der Waals surface area contributed by atoms with E-state index in [-0.39, 0.29) is 21.2 Å². The van der Waals surface area contributed by atoms with E-state index in [0.717, 1.165) is 6.07 Å². The summed E-state index contributed by atoms with van der Waals surface area (Å²) in [7, 11) is -3.92. The molecule has 0 aliphatic rings. The largest absolute Gasteiger partial charge is 0.494 e. The summed E-state index contributed by atoms with van der Waals surface area (Å²) < 4.78 is 46.4. The monoisotopic (exact) mass is 448 g/mol. The fourth-order valence-corrected chi connectivity index (χ4v) is 3.87. The molecule has 3 aromatic rings. The number of rotatable bonds is 7. The Morgan fingerprint density at radius 2 is 1.73 bits per heavy atom. The minimum atomic E-state index is -3.92. The zero-order valence-electron chi connectivity index (χ0n) is 15.9. The highest BCUT2D eigenvalue weighted by atomic mass is 35.5. The number of ether oxygens (including phenoxy) is 1. The van der Waals surface area contributed by atoms with Crippen molar-refractivity contribution in [3.63, 3.8) is 0 Å². The van der Waals surface area contributed by atoms with Crippen LogP contribution in [0.1, 0.15) is 17.3 Å². The van der Waals surface area contributed by atoms with Crippen LogP contribution in [-0.4, -0.2) is 20.9 Å². The Labute approximate surface area is 178 Å². The van der Waals surface area contributed by atoms with Gasteiger partial charge in [-0.15, -0.1) is 0 Å². The molecule has 0 aliphatic heterocycles. The van der Waals surface area contributed by atoms with Crippen LogP contribution >= 0.6 is 11.6 Å². The van der Waals surface area contributed by atoms with E-state index in [4.69, 9.17) is 16.3 Å². The van der Waals surface area contributed by atoms with Gasteiger partial charge in [-0.3, -0.25) is 9.52 Å². The van der Waals surface area contributed by atoms with Crippen LogP contribution in [0.3, 0.4) is 0 Å². The van der Waals surface area contributed by atoms with Gasteiger partial charge in [0.15, 0.2) is 0 Å². The average Bonchev–Trinajstić information content (AvgIpc) is 2.72. The Hall–Kier alpha value is -3.10. The molecule has 0 spiro atoms. The third kappa shape index (κ3) is 5.28. The van der Waals surface area contributed by atoms with Gasteiger partial charge < -0.3 is 10.1 Å². The molecule has 2 N–H and O–H groups in total. The molecule has 0 atom stereocenters. The van der Waals surface area contributed by atoms with Crippen molar-refractivity contribution in [1.82, 2.24) is 0 Å². The third-order valence-electron chi connectivity index (χ3n) is 4.00. The Kier molecular flexibility index (Phi) is 6.59. The van der Waals surface area contributed by atoms with Gasteiger partial charge in [0.25, 0.3) is 15.9 Å². The molecule has 0 saturated heterocycles. The van der Waals surface area contributed by atoms with Crippen molar-refractivity contribution in [3.05, 3.63) is 83.1 Å². The summed E-state index contributed by atoms with van der Waals surface area (Å²) in [6.07, 6.45) is 0. The molecule has 0 bridgehead atoms. The molecule has 3 aromatic carbocycles.